The summed E-state index contributed by atoms with van der Waals surface area (Å²) in [7, 11) is 0. The average Bonchev–Trinajstić information content (AvgIpc) is 2.74. The fourth-order valence-corrected chi connectivity index (χ4v) is 3.71. The first-order chi connectivity index (χ1) is 13.7. The Morgan fingerprint density at radius 3 is 2.54 bits per heavy atom. The second kappa shape index (κ2) is 8.65. The molecule has 0 spiro atoms. The molecule has 2 aliphatic rings. The summed E-state index contributed by atoms with van der Waals surface area (Å²) >= 11 is 0. The number of hydrogen-bond donors (Lipinski definition) is 1. The van der Waals surface area contributed by atoms with Crippen molar-refractivity contribution in [2.24, 2.45) is 5.92 Å². The highest BCUT2D eigenvalue weighted by Gasteiger charge is 2.21. The molecule has 28 heavy (non-hydrogen) atoms. The van der Waals surface area contributed by atoms with E-state index in [0.29, 0.717) is 18.7 Å². The number of amides is 1. The van der Waals surface area contributed by atoms with Crippen LogP contribution < -0.4 is 14.8 Å². The number of likely N-dealkylation sites (tertiary alicyclic amines) is 1. The van der Waals surface area contributed by atoms with Crippen LogP contribution >= 0.6 is 0 Å². The number of ether oxygens (including phenoxy) is 2. The number of carbonyl (C=O) groups excluding carboxylic acids is 1. The van der Waals surface area contributed by atoms with Crippen molar-refractivity contribution in [1.29, 1.82) is 0 Å². The molecule has 2 aliphatic heterocycles. The Morgan fingerprint density at radius 2 is 1.79 bits per heavy atom. The predicted molar refractivity (Wildman–Crippen MR) is 109 cm³/mol. The van der Waals surface area contributed by atoms with Gasteiger partial charge in [-0.3, -0.25) is 9.69 Å². The van der Waals surface area contributed by atoms with Gasteiger partial charge in [0.2, 0.25) is 0 Å². The molecule has 1 atom stereocenters. The smallest absolute Gasteiger partial charge is 0.251 e. The minimum Gasteiger partial charge on any atom is -0.486 e. The Bertz CT molecular complexity index is 798. The van der Waals surface area contributed by atoms with Gasteiger partial charge in [0, 0.05) is 12.1 Å². The standard InChI is InChI=1S/C23H28N2O3/c1-17-10-12-25(13-11-17)15-18-6-8-19(9-7-18)23(26)24-14-20-16-27-21-4-2-3-5-22(21)28-20/h2-9,17,20H,10-16H2,1H3,(H,24,26)/t20-/m0/s1. The van der Waals surface area contributed by atoms with E-state index in [1.54, 1.807) is 0 Å². The molecular formula is C23H28N2O3. The van der Waals surface area contributed by atoms with Gasteiger partial charge >= 0.3 is 0 Å². The molecule has 0 unspecified atom stereocenters. The van der Waals surface area contributed by atoms with Crippen LogP contribution in [0.3, 0.4) is 0 Å². The van der Waals surface area contributed by atoms with Crippen molar-refractivity contribution in [2.45, 2.75) is 32.4 Å². The quantitative estimate of drug-likeness (QED) is 0.863. The molecule has 1 saturated heterocycles. The molecule has 1 fully saturated rings. The van der Waals surface area contributed by atoms with E-state index in [-0.39, 0.29) is 12.0 Å². The normalized spacial score (nSPS) is 20.0. The van der Waals surface area contributed by atoms with Crippen LogP contribution in [0.2, 0.25) is 0 Å². The van der Waals surface area contributed by atoms with Gasteiger partial charge in [-0.1, -0.05) is 31.2 Å². The number of piperidine rings is 1. The number of para-hydroxylation sites is 2. The Kier molecular flexibility index (Phi) is 5.81. The SMILES string of the molecule is CC1CCN(Cc2ccc(C(=O)NC[C@H]3COc4ccccc4O3)cc2)CC1. The van der Waals surface area contributed by atoms with Crippen LogP contribution in [0.5, 0.6) is 11.5 Å². The lowest BCUT2D eigenvalue weighted by molar-refractivity contribution is 0.0789. The molecule has 148 valence electrons. The van der Waals surface area contributed by atoms with Crippen molar-refractivity contribution >= 4 is 5.91 Å². The second-order valence-electron chi connectivity index (χ2n) is 7.86. The number of fused-ring (bicyclic) bond motifs is 1. The highest BCUT2D eigenvalue weighted by Crippen LogP contribution is 2.30. The maximum atomic E-state index is 12.5. The molecule has 5 nitrogen and oxygen atoms in total. The van der Waals surface area contributed by atoms with Crippen LogP contribution in [-0.4, -0.2) is 43.2 Å². The van der Waals surface area contributed by atoms with E-state index >= 15 is 0 Å². The molecule has 2 aromatic carbocycles. The Labute approximate surface area is 166 Å². The van der Waals surface area contributed by atoms with Gasteiger partial charge in [-0.25, -0.2) is 0 Å². The number of nitrogens with zero attached hydrogens (tertiary/aromatic N) is 1. The van der Waals surface area contributed by atoms with Gasteiger partial charge in [-0.2, -0.15) is 0 Å². The number of nitrogens with one attached hydrogen (secondary N) is 1. The molecule has 2 aromatic rings. The highest BCUT2D eigenvalue weighted by atomic mass is 16.6. The number of benzene rings is 2. The van der Waals surface area contributed by atoms with E-state index in [2.05, 4.69) is 29.3 Å². The summed E-state index contributed by atoms with van der Waals surface area (Å²) in [6, 6.07) is 15.5. The summed E-state index contributed by atoms with van der Waals surface area (Å²) in [5.74, 6) is 2.24. The summed E-state index contributed by atoms with van der Waals surface area (Å²) in [4.78, 5) is 14.9. The molecule has 1 N–H and O–H groups in total. The molecular weight excluding hydrogens is 352 g/mol. The van der Waals surface area contributed by atoms with Crippen molar-refractivity contribution in [3.63, 3.8) is 0 Å². The Morgan fingerprint density at radius 1 is 1.07 bits per heavy atom. The zero-order valence-electron chi connectivity index (χ0n) is 16.4. The van der Waals surface area contributed by atoms with Crippen molar-refractivity contribution in [3.05, 3.63) is 59.7 Å². The molecule has 0 aliphatic carbocycles. The van der Waals surface area contributed by atoms with Crippen LogP contribution in [0.25, 0.3) is 0 Å². The summed E-state index contributed by atoms with van der Waals surface area (Å²) in [5, 5.41) is 2.95. The molecule has 1 amide bonds. The third-order valence-electron chi connectivity index (χ3n) is 5.56. The van der Waals surface area contributed by atoms with Gasteiger partial charge < -0.3 is 14.8 Å². The van der Waals surface area contributed by atoms with Crippen molar-refractivity contribution in [3.8, 4) is 11.5 Å². The van der Waals surface area contributed by atoms with Crippen molar-refractivity contribution < 1.29 is 14.3 Å². The van der Waals surface area contributed by atoms with Crippen LogP contribution in [0.15, 0.2) is 48.5 Å². The zero-order valence-corrected chi connectivity index (χ0v) is 16.4. The largest absolute Gasteiger partial charge is 0.486 e. The third kappa shape index (κ3) is 4.65. The average molecular weight is 380 g/mol. The molecule has 2 heterocycles. The van der Waals surface area contributed by atoms with Crippen LogP contribution in [0.1, 0.15) is 35.7 Å². The van der Waals surface area contributed by atoms with E-state index in [1.165, 1.54) is 18.4 Å². The van der Waals surface area contributed by atoms with E-state index < -0.39 is 0 Å². The van der Waals surface area contributed by atoms with Gasteiger partial charge in [0.15, 0.2) is 11.5 Å². The molecule has 5 heteroatoms. The van der Waals surface area contributed by atoms with Gasteiger partial charge in [0.25, 0.3) is 5.91 Å². The van der Waals surface area contributed by atoms with Crippen LogP contribution in [0.4, 0.5) is 0 Å². The van der Waals surface area contributed by atoms with E-state index in [0.717, 1.165) is 37.1 Å². The third-order valence-corrected chi connectivity index (χ3v) is 5.56. The lowest BCUT2D eigenvalue weighted by atomic mass is 9.99. The first kappa shape index (κ1) is 18.8. The van der Waals surface area contributed by atoms with Crippen LogP contribution in [0, 0.1) is 5.92 Å². The molecule has 0 bridgehead atoms. The van der Waals surface area contributed by atoms with Gasteiger partial charge in [-0.15, -0.1) is 0 Å². The number of rotatable bonds is 5. The molecule has 4 rings (SSSR count). The highest BCUT2D eigenvalue weighted by molar-refractivity contribution is 5.94. The fraction of sp³-hybridized carbons (Fsp3) is 0.435. The lowest BCUT2D eigenvalue weighted by Crippen LogP contribution is -2.40. The fourth-order valence-electron chi connectivity index (χ4n) is 3.71. The topological polar surface area (TPSA) is 50.8 Å². The van der Waals surface area contributed by atoms with Gasteiger partial charge in [-0.05, 0) is 61.7 Å². The summed E-state index contributed by atoms with van der Waals surface area (Å²) in [5.41, 5.74) is 1.93. The first-order valence-corrected chi connectivity index (χ1v) is 10.2. The lowest BCUT2D eigenvalue weighted by Gasteiger charge is -2.30. The second-order valence-corrected chi connectivity index (χ2v) is 7.86. The Hall–Kier alpha value is -2.53. The first-order valence-electron chi connectivity index (χ1n) is 10.2. The number of hydrogen-bond acceptors (Lipinski definition) is 4. The monoisotopic (exact) mass is 380 g/mol. The van der Waals surface area contributed by atoms with E-state index in [4.69, 9.17) is 9.47 Å². The maximum absolute atomic E-state index is 12.5. The van der Waals surface area contributed by atoms with Crippen molar-refractivity contribution in [2.75, 3.05) is 26.2 Å². The zero-order chi connectivity index (χ0) is 19.3. The number of carbonyl (C=O) groups is 1. The molecule has 0 radical (unpaired) electrons. The predicted octanol–water partition coefficient (Wildman–Crippen LogP) is 3.49. The summed E-state index contributed by atoms with van der Waals surface area (Å²) in [6.45, 7) is 6.47. The molecule has 0 aromatic heterocycles. The Balaban J connectivity index is 1.26. The van der Waals surface area contributed by atoms with Gasteiger partial charge in [0.1, 0.15) is 12.7 Å². The summed E-state index contributed by atoms with van der Waals surface area (Å²) in [6.07, 6.45) is 2.37. The van der Waals surface area contributed by atoms with Gasteiger partial charge in [0.05, 0.1) is 6.54 Å². The van der Waals surface area contributed by atoms with E-state index in [9.17, 15) is 4.79 Å². The van der Waals surface area contributed by atoms with Crippen molar-refractivity contribution in [1.82, 2.24) is 10.2 Å². The molecule has 0 saturated carbocycles. The van der Waals surface area contributed by atoms with E-state index in [1.807, 2.05) is 36.4 Å². The minimum atomic E-state index is -0.181. The van der Waals surface area contributed by atoms with Crippen LogP contribution in [-0.2, 0) is 6.54 Å². The summed E-state index contributed by atoms with van der Waals surface area (Å²) < 4.78 is 11.6. The minimum absolute atomic E-state index is 0.0826. The maximum Gasteiger partial charge on any atom is 0.251 e.